The normalized spacial score (nSPS) is 12.7. The highest BCUT2D eigenvalue weighted by Crippen LogP contribution is 2.36. The van der Waals surface area contributed by atoms with Crippen molar-refractivity contribution in [1.29, 1.82) is 0 Å². The summed E-state index contributed by atoms with van der Waals surface area (Å²) in [5, 5.41) is 2.98. The first kappa shape index (κ1) is 13.4. The van der Waals surface area contributed by atoms with Gasteiger partial charge in [-0.05, 0) is 18.2 Å². The van der Waals surface area contributed by atoms with Gasteiger partial charge in [0.05, 0.1) is 5.69 Å². The molecule has 0 N–H and O–H groups in total. The van der Waals surface area contributed by atoms with Crippen molar-refractivity contribution in [3.63, 3.8) is 0 Å². The molecule has 1 aromatic carbocycles. The number of halogens is 6. The molecule has 1 radical (unpaired) electrons. The zero-order valence-corrected chi connectivity index (χ0v) is 9.05. The van der Waals surface area contributed by atoms with Crippen LogP contribution < -0.4 is 0 Å². The van der Waals surface area contributed by atoms with Crippen molar-refractivity contribution >= 4 is 0 Å². The van der Waals surface area contributed by atoms with E-state index < -0.39 is 23.7 Å². The smallest absolute Gasteiger partial charge is 0.228 e. The van der Waals surface area contributed by atoms with Gasteiger partial charge < -0.3 is 0 Å². The second kappa shape index (κ2) is 4.29. The fraction of sp³-hybridized carbons (Fsp3) is 0.182. The van der Waals surface area contributed by atoms with E-state index in [1.165, 1.54) is 24.3 Å². The quantitative estimate of drug-likeness (QED) is 0.728. The number of rotatable bonds is 1. The van der Waals surface area contributed by atoms with E-state index >= 15 is 0 Å². The van der Waals surface area contributed by atoms with Crippen LogP contribution in [-0.2, 0) is 12.4 Å². The SMILES string of the molecule is FC(F)(F)c1cc(C(F)(F)F)n(-c2cc[c]cc2)n1. The average molecular weight is 279 g/mol. The number of alkyl halides is 6. The maximum atomic E-state index is 12.7. The minimum absolute atomic E-state index is 0.0171. The third-order valence-electron chi connectivity index (χ3n) is 2.24. The van der Waals surface area contributed by atoms with Crippen molar-refractivity contribution in [2.75, 3.05) is 0 Å². The van der Waals surface area contributed by atoms with Gasteiger partial charge >= 0.3 is 12.4 Å². The molecule has 0 aliphatic heterocycles. The highest BCUT2D eigenvalue weighted by atomic mass is 19.4. The molecule has 0 spiro atoms. The third kappa shape index (κ3) is 2.72. The number of benzene rings is 1. The van der Waals surface area contributed by atoms with Gasteiger partial charge in [-0.3, -0.25) is 0 Å². The molecule has 19 heavy (non-hydrogen) atoms. The van der Waals surface area contributed by atoms with Gasteiger partial charge in [0.2, 0.25) is 0 Å². The van der Waals surface area contributed by atoms with Crippen molar-refractivity contribution in [2.24, 2.45) is 0 Å². The van der Waals surface area contributed by atoms with Gasteiger partial charge in [0, 0.05) is 6.07 Å². The van der Waals surface area contributed by atoms with Crippen LogP contribution >= 0.6 is 0 Å². The molecule has 1 aromatic heterocycles. The third-order valence-corrected chi connectivity index (χ3v) is 2.24. The topological polar surface area (TPSA) is 17.8 Å². The van der Waals surface area contributed by atoms with Crippen LogP contribution in [0.4, 0.5) is 26.3 Å². The monoisotopic (exact) mass is 279 g/mol. The lowest BCUT2D eigenvalue weighted by atomic mass is 10.3. The highest BCUT2D eigenvalue weighted by Gasteiger charge is 2.42. The summed E-state index contributed by atoms with van der Waals surface area (Å²) in [7, 11) is 0. The Morgan fingerprint density at radius 3 is 2.00 bits per heavy atom. The van der Waals surface area contributed by atoms with Gasteiger partial charge in [0.15, 0.2) is 5.69 Å². The van der Waals surface area contributed by atoms with Crippen molar-refractivity contribution in [2.45, 2.75) is 12.4 Å². The summed E-state index contributed by atoms with van der Waals surface area (Å²) in [5.74, 6) is 0. The fourth-order valence-corrected chi connectivity index (χ4v) is 1.44. The molecule has 0 atom stereocenters. The van der Waals surface area contributed by atoms with Crippen LogP contribution in [0.1, 0.15) is 11.4 Å². The van der Waals surface area contributed by atoms with Crippen LogP contribution in [0.3, 0.4) is 0 Å². The van der Waals surface area contributed by atoms with Crippen molar-refractivity contribution in [3.8, 4) is 5.69 Å². The molecule has 2 nitrogen and oxygen atoms in total. The molecule has 0 aliphatic rings. The minimum atomic E-state index is -4.94. The lowest BCUT2D eigenvalue weighted by Crippen LogP contribution is -2.13. The van der Waals surface area contributed by atoms with E-state index in [1.54, 1.807) is 0 Å². The molecule has 0 fully saturated rings. The second-order valence-electron chi connectivity index (χ2n) is 3.58. The van der Waals surface area contributed by atoms with Gasteiger partial charge in [-0.15, -0.1) is 0 Å². The summed E-state index contributed by atoms with van der Waals surface area (Å²) in [5.41, 5.74) is -3.19. The Hall–Kier alpha value is -1.99. The fourth-order valence-electron chi connectivity index (χ4n) is 1.44. The molecule has 0 aliphatic carbocycles. The molecule has 2 aromatic rings. The number of hydrogen-bond donors (Lipinski definition) is 0. The summed E-state index contributed by atoms with van der Waals surface area (Å²) in [6, 6.07) is 7.47. The first-order chi connectivity index (χ1) is 8.69. The summed E-state index contributed by atoms with van der Waals surface area (Å²) in [6.45, 7) is 0. The van der Waals surface area contributed by atoms with Gasteiger partial charge in [-0.1, -0.05) is 12.1 Å². The molecule has 0 saturated heterocycles. The highest BCUT2D eigenvalue weighted by molar-refractivity contribution is 5.34. The molecule has 8 heteroatoms. The van der Waals surface area contributed by atoms with Crippen LogP contribution in [0.5, 0.6) is 0 Å². The Bertz CT molecular complexity index is 567. The molecule has 0 amide bonds. The number of nitrogens with zero attached hydrogens (tertiary/aromatic N) is 2. The lowest BCUT2D eigenvalue weighted by Gasteiger charge is -2.09. The van der Waals surface area contributed by atoms with Crippen LogP contribution in [0.2, 0.25) is 0 Å². The average Bonchev–Trinajstić information content (AvgIpc) is 2.74. The number of aromatic nitrogens is 2. The van der Waals surface area contributed by atoms with Gasteiger partial charge in [-0.2, -0.15) is 31.4 Å². The largest absolute Gasteiger partial charge is 0.435 e. The minimum Gasteiger partial charge on any atom is -0.228 e. The second-order valence-corrected chi connectivity index (χ2v) is 3.58. The Morgan fingerprint density at radius 2 is 1.53 bits per heavy atom. The van der Waals surface area contributed by atoms with Crippen molar-refractivity contribution in [3.05, 3.63) is 47.8 Å². The van der Waals surface area contributed by atoms with Crippen LogP contribution in [0, 0.1) is 6.07 Å². The first-order valence-electron chi connectivity index (χ1n) is 4.90. The van der Waals surface area contributed by atoms with Gasteiger partial charge in [-0.25, -0.2) is 4.68 Å². The van der Waals surface area contributed by atoms with E-state index in [-0.39, 0.29) is 16.4 Å². The Labute approximate surface area is 103 Å². The molecule has 0 unspecified atom stereocenters. The maximum Gasteiger partial charge on any atom is 0.435 e. The Kier molecular flexibility index (Phi) is 3.03. The standard InChI is InChI=1S/C11H5F6N2/c12-10(13,14)8-6-9(11(15,16)17)19(18-8)7-4-2-1-3-5-7/h2-6H. The zero-order chi connectivity index (χ0) is 14.3. The molecule has 1 heterocycles. The number of hydrogen-bond acceptors (Lipinski definition) is 1. The van der Waals surface area contributed by atoms with Crippen LogP contribution in [-0.4, -0.2) is 9.78 Å². The van der Waals surface area contributed by atoms with Gasteiger partial charge in [0.25, 0.3) is 0 Å². The van der Waals surface area contributed by atoms with Crippen LogP contribution in [0.15, 0.2) is 30.3 Å². The lowest BCUT2D eigenvalue weighted by molar-refractivity contribution is -0.143. The van der Waals surface area contributed by atoms with E-state index in [1.807, 2.05) is 0 Å². The van der Waals surface area contributed by atoms with E-state index in [4.69, 9.17) is 0 Å². The molecular formula is C11H5F6N2. The van der Waals surface area contributed by atoms with Crippen LogP contribution in [0.25, 0.3) is 5.69 Å². The van der Waals surface area contributed by atoms with Crippen molar-refractivity contribution < 1.29 is 26.3 Å². The summed E-state index contributed by atoms with van der Waals surface area (Å²) >= 11 is 0. The molecular weight excluding hydrogens is 274 g/mol. The van der Waals surface area contributed by atoms with Crippen molar-refractivity contribution in [1.82, 2.24) is 9.78 Å². The predicted octanol–water partition coefficient (Wildman–Crippen LogP) is 3.71. The van der Waals surface area contributed by atoms with E-state index in [2.05, 4.69) is 11.2 Å². The summed E-state index contributed by atoms with van der Waals surface area (Å²) in [4.78, 5) is 0. The maximum absolute atomic E-state index is 12.7. The van der Waals surface area contributed by atoms with E-state index in [0.29, 0.717) is 0 Å². The zero-order valence-electron chi connectivity index (χ0n) is 9.05. The Balaban J connectivity index is 2.63. The van der Waals surface area contributed by atoms with E-state index in [9.17, 15) is 26.3 Å². The molecule has 101 valence electrons. The Morgan fingerprint density at radius 1 is 0.947 bits per heavy atom. The van der Waals surface area contributed by atoms with Gasteiger partial charge in [0.1, 0.15) is 5.69 Å². The summed E-state index contributed by atoms with van der Waals surface area (Å²) < 4.78 is 75.6. The first-order valence-corrected chi connectivity index (χ1v) is 4.90. The molecule has 0 saturated carbocycles. The predicted molar refractivity (Wildman–Crippen MR) is 52.4 cm³/mol. The van der Waals surface area contributed by atoms with E-state index in [0.717, 1.165) is 0 Å². The summed E-state index contributed by atoms with van der Waals surface area (Å²) in [6.07, 6.45) is -9.87. The molecule has 2 rings (SSSR count). The molecule has 0 bridgehead atoms.